The van der Waals surface area contributed by atoms with Gasteiger partial charge in [0.05, 0.1) is 11.4 Å². The van der Waals surface area contributed by atoms with Crippen molar-refractivity contribution in [2.75, 3.05) is 6.54 Å². The SMILES string of the molecule is Cc1ccc(S(=O)(=O)N(CC(=O)N[O-])Cc2ccccc2)cc1.[Na+]. The standard InChI is InChI=1S/C16H17N2O4S.Na/c1-13-7-9-15(10-8-13)23(21,22)18(12-16(19)17-20)11-14-5-3-2-4-6-14;/h2-10H,11-12H2,1H3,(H-,17,19,20);/q-1;+1. The molecule has 0 aliphatic rings. The van der Waals surface area contributed by atoms with E-state index < -0.39 is 22.5 Å². The van der Waals surface area contributed by atoms with Crippen molar-refractivity contribution in [1.82, 2.24) is 9.79 Å². The van der Waals surface area contributed by atoms with Crippen LogP contribution in [0, 0.1) is 12.1 Å². The van der Waals surface area contributed by atoms with Crippen LogP contribution in [0.5, 0.6) is 0 Å². The zero-order valence-corrected chi connectivity index (χ0v) is 16.4. The molecule has 0 heterocycles. The van der Waals surface area contributed by atoms with Crippen LogP contribution in [0.25, 0.3) is 0 Å². The van der Waals surface area contributed by atoms with Crippen LogP contribution in [-0.2, 0) is 21.4 Å². The third kappa shape index (κ3) is 5.41. The van der Waals surface area contributed by atoms with Crippen molar-refractivity contribution in [3.8, 4) is 0 Å². The molecule has 1 amide bonds. The summed E-state index contributed by atoms with van der Waals surface area (Å²) >= 11 is 0. The van der Waals surface area contributed by atoms with Crippen molar-refractivity contribution < 1.29 is 42.8 Å². The first-order valence-electron chi connectivity index (χ1n) is 6.95. The maximum atomic E-state index is 12.7. The van der Waals surface area contributed by atoms with E-state index in [-0.39, 0.29) is 41.0 Å². The van der Waals surface area contributed by atoms with Gasteiger partial charge in [0, 0.05) is 6.54 Å². The van der Waals surface area contributed by atoms with E-state index in [1.165, 1.54) is 17.6 Å². The molecule has 0 saturated heterocycles. The minimum atomic E-state index is -3.89. The predicted octanol–water partition coefficient (Wildman–Crippen LogP) is -1.20. The Morgan fingerprint density at radius 3 is 2.21 bits per heavy atom. The Labute approximate surface area is 163 Å². The maximum Gasteiger partial charge on any atom is 1.00 e. The molecule has 0 spiro atoms. The normalized spacial score (nSPS) is 11.0. The number of sulfonamides is 1. The van der Waals surface area contributed by atoms with Gasteiger partial charge in [-0.1, -0.05) is 48.0 Å². The summed E-state index contributed by atoms with van der Waals surface area (Å²) in [6.07, 6.45) is 0. The first-order chi connectivity index (χ1) is 10.9. The molecule has 0 bridgehead atoms. The van der Waals surface area contributed by atoms with Gasteiger partial charge in [-0.25, -0.2) is 8.42 Å². The zero-order chi connectivity index (χ0) is 16.9. The molecule has 0 aromatic heterocycles. The Bertz CT molecular complexity index is 764. The summed E-state index contributed by atoms with van der Waals surface area (Å²) in [5.74, 6) is -0.906. The van der Waals surface area contributed by atoms with Crippen LogP contribution >= 0.6 is 0 Å². The summed E-state index contributed by atoms with van der Waals surface area (Å²) in [7, 11) is -3.89. The van der Waals surface area contributed by atoms with Crippen LogP contribution in [0.3, 0.4) is 0 Å². The number of hydroxylamine groups is 1. The molecule has 2 aromatic rings. The van der Waals surface area contributed by atoms with Crippen LogP contribution in [0.2, 0.25) is 0 Å². The number of aryl methyl sites for hydroxylation is 1. The van der Waals surface area contributed by atoms with E-state index in [4.69, 9.17) is 0 Å². The van der Waals surface area contributed by atoms with E-state index in [9.17, 15) is 18.4 Å². The topological polar surface area (TPSA) is 89.5 Å². The molecule has 0 saturated carbocycles. The van der Waals surface area contributed by atoms with Gasteiger partial charge in [0.25, 0.3) is 0 Å². The number of carbonyl (C=O) groups is 1. The average Bonchev–Trinajstić information content (AvgIpc) is 2.55. The number of amides is 1. The Morgan fingerprint density at radius 2 is 1.67 bits per heavy atom. The predicted molar refractivity (Wildman–Crippen MR) is 86.7 cm³/mol. The van der Waals surface area contributed by atoms with E-state index in [1.54, 1.807) is 36.4 Å². The van der Waals surface area contributed by atoms with Crippen LogP contribution in [0.15, 0.2) is 59.5 Å². The van der Waals surface area contributed by atoms with Gasteiger partial charge in [0.2, 0.25) is 15.9 Å². The van der Waals surface area contributed by atoms with Crippen molar-refractivity contribution in [2.45, 2.75) is 18.4 Å². The molecule has 6 nitrogen and oxygen atoms in total. The number of hydrogen-bond acceptors (Lipinski definition) is 4. The second kappa shape index (κ2) is 9.31. The third-order valence-corrected chi connectivity index (χ3v) is 5.10. The van der Waals surface area contributed by atoms with Crippen molar-refractivity contribution in [3.05, 3.63) is 70.9 Å². The van der Waals surface area contributed by atoms with Gasteiger partial charge in [-0.3, -0.25) is 4.79 Å². The third-order valence-electron chi connectivity index (χ3n) is 3.29. The molecule has 2 aromatic carbocycles. The van der Waals surface area contributed by atoms with Crippen molar-refractivity contribution in [3.63, 3.8) is 0 Å². The fourth-order valence-electron chi connectivity index (χ4n) is 2.06. The smallest absolute Gasteiger partial charge is 0.759 e. The maximum absolute atomic E-state index is 12.7. The molecular formula is C16H17N2NaO4S. The Morgan fingerprint density at radius 1 is 1.08 bits per heavy atom. The van der Waals surface area contributed by atoms with Gasteiger partial charge in [-0.05, 0) is 24.6 Å². The molecule has 1 N–H and O–H groups in total. The first-order valence-corrected chi connectivity index (χ1v) is 8.39. The molecular weight excluding hydrogens is 339 g/mol. The summed E-state index contributed by atoms with van der Waals surface area (Å²) in [6, 6.07) is 15.2. The Balaban J connectivity index is 0.00000288. The van der Waals surface area contributed by atoms with Crippen LogP contribution < -0.4 is 35.0 Å². The Hall–Kier alpha value is -1.22. The quantitative estimate of drug-likeness (QED) is 0.520. The summed E-state index contributed by atoms with van der Waals surface area (Å²) in [6.45, 7) is 1.32. The molecule has 8 heteroatoms. The van der Waals surface area contributed by atoms with Crippen molar-refractivity contribution in [1.29, 1.82) is 0 Å². The second-order valence-electron chi connectivity index (χ2n) is 5.10. The molecule has 0 unspecified atom stereocenters. The van der Waals surface area contributed by atoms with Gasteiger partial charge in [0.15, 0.2) is 0 Å². The van der Waals surface area contributed by atoms with Gasteiger partial charge in [0.1, 0.15) is 0 Å². The number of nitrogens with zero attached hydrogens (tertiary/aromatic N) is 1. The summed E-state index contributed by atoms with van der Waals surface area (Å²) in [5, 5.41) is 10.5. The summed E-state index contributed by atoms with van der Waals surface area (Å²) in [5.41, 5.74) is 2.87. The molecule has 0 radical (unpaired) electrons. The van der Waals surface area contributed by atoms with Crippen LogP contribution in [0.1, 0.15) is 11.1 Å². The van der Waals surface area contributed by atoms with Gasteiger partial charge >= 0.3 is 29.6 Å². The Kier molecular flexibility index (Phi) is 8.08. The monoisotopic (exact) mass is 356 g/mol. The molecule has 0 atom stereocenters. The van der Waals surface area contributed by atoms with Crippen molar-refractivity contribution >= 4 is 15.9 Å². The zero-order valence-electron chi connectivity index (χ0n) is 13.6. The van der Waals surface area contributed by atoms with Crippen LogP contribution in [0.4, 0.5) is 0 Å². The van der Waals surface area contributed by atoms with Gasteiger partial charge in [-0.2, -0.15) is 4.31 Å². The molecule has 0 aliphatic heterocycles. The average molecular weight is 356 g/mol. The van der Waals surface area contributed by atoms with Crippen LogP contribution in [-0.4, -0.2) is 25.2 Å². The summed E-state index contributed by atoms with van der Waals surface area (Å²) in [4.78, 5) is 11.5. The van der Waals surface area contributed by atoms with Gasteiger partial charge < -0.3 is 10.7 Å². The molecule has 2 rings (SSSR count). The van der Waals surface area contributed by atoms with E-state index in [1.807, 2.05) is 13.0 Å². The van der Waals surface area contributed by atoms with E-state index in [2.05, 4.69) is 0 Å². The molecule has 24 heavy (non-hydrogen) atoms. The van der Waals surface area contributed by atoms with Crippen molar-refractivity contribution in [2.24, 2.45) is 0 Å². The van der Waals surface area contributed by atoms with E-state index in [0.717, 1.165) is 15.4 Å². The number of carbonyl (C=O) groups excluding carboxylic acids is 1. The largest absolute Gasteiger partial charge is 1.00 e. The van der Waals surface area contributed by atoms with E-state index >= 15 is 0 Å². The fourth-order valence-corrected chi connectivity index (χ4v) is 3.45. The first kappa shape index (κ1) is 20.8. The number of benzene rings is 2. The second-order valence-corrected chi connectivity index (χ2v) is 7.03. The molecule has 0 fully saturated rings. The number of rotatable bonds is 6. The van der Waals surface area contributed by atoms with Gasteiger partial charge in [-0.15, -0.1) is 0 Å². The summed E-state index contributed by atoms with van der Waals surface area (Å²) < 4.78 is 26.5. The molecule has 0 aliphatic carbocycles. The minimum absolute atomic E-state index is 0. The molecule has 122 valence electrons. The number of nitrogens with one attached hydrogen (secondary N) is 1. The van der Waals surface area contributed by atoms with E-state index in [0.29, 0.717) is 0 Å². The number of hydrogen-bond donors (Lipinski definition) is 1. The minimum Gasteiger partial charge on any atom is -0.759 e. The fraction of sp³-hybridized carbons (Fsp3) is 0.188.